The van der Waals surface area contributed by atoms with E-state index in [0.717, 1.165) is 84.5 Å². The molecule has 14 rings (SSSR count). The van der Waals surface area contributed by atoms with Gasteiger partial charge in [0.1, 0.15) is 0 Å². The van der Waals surface area contributed by atoms with Crippen molar-refractivity contribution < 1.29 is 9.59 Å². The van der Waals surface area contributed by atoms with Gasteiger partial charge in [0.2, 0.25) is 13.4 Å². The van der Waals surface area contributed by atoms with E-state index in [1.165, 1.54) is 49.4 Å². The van der Waals surface area contributed by atoms with Crippen LogP contribution in [0.5, 0.6) is 0 Å². The van der Waals surface area contributed by atoms with Gasteiger partial charge in [-0.25, -0.2) is 0 Å². The van der Waals surface area contributed by atoms with E-state index in [2.05, 4.69) is 121 Å². The van der Waals surface area contributed by atoms with Gasteiger partial charge in [-0.1, -0.05) is 161 Å². The summed E-state index contributed by atoms with van der Waals surface area (Å²) in [6.45, 7) is -0.362. The Kier molecular flexibility index (Phi) is 5.33. The van der Waals surface area contributed by atoms with Crippen molar-refractivity contribution in [3.8, 4) is 44.5 Å². The summed E-state index contributed by atoms with van der Waals surface area (Å²) in [5.41, 5.74) is 21.0. The highest BCUT2D eigenvalue weighted by Crippen LogP contribution is 2.46. The summed E-state index contributed by atoms with van der Waals surface area (Å²) in [6, 6.07) is 45.2. The van der Waals surface area contributed by atoms with Gasteiger partial charge in [0.25, 0.3) is 0 Å². The van der Waals surface area contributed by atoms with Gasteiger partial charge in [0.15, 0.2) is 11.6 Å². The third-order valence-corrected chi connectivity index (χ3v) is 13.8. The second-order valence-corrected chi connectivity index (χ2v) is 16.3. The van der Waals surface area contributed by atoms with Crippen molar-refractivity contribution in [1.29, 1.82) is 0 Å². The molecule has 0 amide bonds. The second-order valence-electron chi connectivity index (χ2n) is 16.3. The summed E-state index contributed by atoms with van der Waals surface area (Å²) < 4.78 is 0. The van der Waals surface area contributed by atoms with E-state index in [1.807, 2.05) is 24.3 Å². The highest BCUT2D eigenvalue weighted by atomic mass is 16.1. The first-order valence-electron chi connectivity index (χ1n) is 19.8. The lowest BCUT2D eigenvalue weighted by molar-refractivity contribution is 0.103. The summed E-state index contributed by atoms with van der Waals surface area (Å²) in [7, 11) is 0. The molecule has 0 atom stereocenters. The third kappa shape index (κ3) is 3.29. The number of allylic oxidation sites excluding steroid dienone is 4. The van der Waals surface area contributed by atoms with E-state index in [0.29, 0.717) is 11.1 Å². The lowest BCUT2D eigenvalue weighted by atomic mass is 9.15. The van der Waals surface area contributed by atoms with Crippen molar-refractivity contribution in [1.82, 2.24) is 0 Å². The molecule has 56 heavy (non-hydrogen) atoms. The van der Waals surface area contributed by atoms with E-state index in [9.17, 15) is 0 Å². The third-order valence-electron chi connectivity index (χ3n) is 13.8. The van der Waals surface area contributed by atoms with Gasteiger partial charge in [-0.3, -0.25) is 9.59 Å². The minimum atomic E-state index is -0.261. The first kappa shape index (κ1) is 29.6. The zero-order chi connectivity index (χ0) is 36.6. The van der Waals surface area contributed by atoms with Gasteiger partial charge in [-0.15, -0.1) is 0 Å². The predicted molar refractivity (Wildman–Crippen MR) is 232 cm³/mol. The van der Waals surface area contributed by atoms with Crippen molar-refractivity contribution in [3.63, 3.8) is 0 Å². The number of carbonyl (C=O) groups excluding carboxylic acids is 2. The first-order chi connectivity index (χ1) is 27.7. The van der Waals surface area contributed by atoms with Crippen molar-refractivity contribution in [2.45, 2.75) is 12.8 Å². The van der Waals surface area contributed by atoms with Crippen LogP contribution >= 0.6 is 0 Å². The largest absolute Gasteiger partial charge is 0.289 e. The van der Waals surface area contributed by atoms with Gasteiger partial charge in [-0.2, -0.15) is 0 Å². The zero-order valence-corrected chi connectivity index (χ0v) is 30.2. The monoisotopic (exact) mass is 706 g/mol. The molecule has 8 aromatic carbocycles. The molecule has 5 heterocycles. The Balaban J connectivity index is 1.27. The molecular weight excluding hydrogens is 678 g/mol. The summed E-state index contributed by atoms with van der Waals surface area (Å²) in [4.78, 5) is 31.7. The number of hydrogen-bond acceptors (Lipinski definition) is 2. The van der Waals surface area contributed by atoms with Crippen LogP contribution < -0.4 is 32.8 Å². The zero-order valence-electron chi connectivity index (χ0n) is 30.2. The Morgan fingerprint density at radius 1 is 0.393 bits per heavy atom. The fraction of sp³-hybridized carbons (Fsp3) is 0.0385. The highest BCUT2D eigenvalue weighted by molar-refractivity contribution is 7.16. The molecule has 4 heteroatoms. The fourth-order valence-corrected chi connectivity index (χ4v) is 11.9. The number of benzene rings is 8. The van der Waals surface area contributed by atoms with Crippen molar-refractivity contribution in [3.05, 3.63) is 173 Å². The lowest BCUT2D eigenvalue weighted by Crippen LogP contribution is -2.81. The minimum Gasteiger partial charge on any atom is -0.289 e. The Morgan fingerprint density at radius 2 is 0.911 bits per heavy atom. The molecule has 5 aliphatic heterocycles. The molecular formula is C52H28B2O2. The molecule has 0 fully saturated rings. The van der Waals surface area contributed by atoms with Crippen LogP contribution in [0.25, 0.3) is 71.6 Å². The number of fused-ring (bicyclic) bond motifs is 2. The summed E-state index contributed by atoms with van der Waals surface area (Å²) in [6.07, 6.45) is 8.75. The van der Waals surface area contributed by atoms with Crippen LogP contribution in [-0.2, 0) is 0 Å². The van der Waals surface area contributed by atoms with E-state index in [4.69, 9.17) is 0 Å². The van der Waals surface area contributed by atoms with Crippen molar-refractivity contribution >= 4 is 84.9 Å². The van der Waals surface area contributed by atoms with Gasteiger partial charge in [0, 0.05) is 27.8 Å². The molecule has 8 aromatic rings. The van der Waals surface area contributed by atoms with Gasteiger partial charge < -0.3 is 0 Å². The average Bonchev–Trinajstić information content (AvgIpc) is 3.26. The maximum absolute atomic E-state index is 15.8. The molecule has 0 N–H and O–H groups in total. The minimum absolute atomic E-state index is 0.0157. The van der Waals surface area contributed by atoms with Crippen LogP contribution in [0.2, 0.25) is 0 Å². The van der Waals surface area contributed by atoms with Crippen molar-refractivity contribution in [2.24, 2.45) is 0 Å². The van der Waals surface area contributed by atoms with Crippen molar-refractivity contribution in [2.75, 3.05) is 0 Å². The van der Waals surface area contributed by atoms with Crippen LogP contribution in [-0.4, -0.2) is 25.0 Å². The molecule has 6 aliphatic rings. The van der Waals surface area contributed by atoms with E-state index in [1.54, 1.807) is 0 Å². The van der Waals surface area contributed by atoms with E-state index < -0.39 is 0 Å². The molecule has 1 aliphatic carbocycles. The van der Waals surface area contributed by atoms with Crippen LogP contribution in [0.3, 0.4) is 0 Å². The maximum Gasteiger partial charge on any atom is 0.243 e. The Morgan fingerprint density at radius 3 is 1.52 bits per heavy atom. The van der Waals surface area contributed by atoms with Gasteiger partial charge in [0.05, 0.1) is 0 Å². The number of ketones is 2. The molecule has 0 bridgehead atoms. The quantitative estimate of drug-likeness (QED) is 0.179. The second kappa shape index (κ2) is 10.1. The molecule has 0 spiro atoms. The lowest BCUT2D eigenvalue weighted by Gasteiger charge is -2.47. The maximum atomic E-state index is 15.8. The van der Waals surface area contributed by atoms with Crippen LogP contribution in [0.15, 0.2) is 146 Å². The SMILES string of the molecule is O=C1c2cc(-c3ccccc3)cc3c2B2c4c1c(C1=CCCC=C1)c1cccc5c1c4B1c4c-5cccc4-c4cccc5c(-c6ccccc6)c(c2c1c45)C3=O. The number of carbonyl (C=O) groups is 2. The van der Waals surface area contributed by atoms with Gasteiger partial charge in [-0.05, 0) is 102 Å². The molecule has 0 saturated carbocycles. The molecule has 0 unspecified atom stereocenters. The topological polar surface area (TPSA) is 34.1 Å². The fourth-order valence-electron chi connectivity index (χ4n) is 11.9. The van der Waals surface area contributed by atoms with Gasteiger partial charge >= 0.3 is 0 Å². The normalized spacial score (nSPS) is 15.4. The Labute approximate surface area is 324 Å². The van der Waals surface area contributed by atoms with Crippen LogP contribution in [0.1, 0.15) is 50.2 Å². The first-order valence-corrected chi connectivity index (χ1v) is 19.8. The Hall–Kier alpha value is -6.77. The summed E-state index contributed by atoms with van der Waals surface area (Å²) in [5.74, 6) is 0.0463. The van der Waals surface area contributed by atoms with Crippen LogP contribution in [0, 0.1) is 0 Å². The summed E-state index contributed by atoms with van der Waals surface area (Å²) in [5, 5.41) is 4.78. The van der Waals surface area contributed by atoms with Crippen LogP contribution in [0.4, 0.5) is 0 Å². The molecule has 0 aromatic heterocycles. The van der Waals surface area contributed by atoms with E-state index in [-0.39, 0.29) is 25.0 Å². The van der Waals surface area contributed by atoms with E-state index >= 15 is 9.59 Å². The molecule has 0 radical (unpaired) electrons. The standard InChI is InChI=1S/C52H28B2O2/c55-51-37-25-30(27-13-4-1-5-14-27)26-38-46(37)54-49-43(51)39(28-15-6-2-7-16-28)35-23-10-19-31-33-21-12-22-34-32-20-11-24-36-40(29-17-8-3-9-18-29)44(52(38)56)50(54)48(42(32)36)53(45(33)34)47(49)41(31)35/h1-2,4-8,10-26H,3,9H2. The molecule has 254 valence electrons. The molecule has 2 nitrogen and oxygen atoms in total. The number of hydrogen-bond donors (Lipinski definition) is 0. The smallest absolute Gasteiger partial charge is 0.243 e. The number of rotatable bonds is 3. The highest BCUT2D eigenvalue weighted by Gasteiger charge is 2.55. The average molecular weight is 706 g/mol. The predicted octanol–water partition coefficient (Wildman–Crippen LogP) is 7.46. The molecule has 0 saturated heterocycles. The summed E-state index contributed by atoms with van der Waals surface area (Å²) >= 11 is 0. The Bertz CT molecular complexity index is 3330.